The Morgan fingerprint density at radius 1 is 1.32 bits per heavy atom. The van der Waals surface area contributed by atoms with E-state index >= 15 is 0 Å². The van der Waals surface area contributed by atoms with E-state index in [4.69, 9.17) is 9.47 Å². The van der Waals surface area contributed by atoms with E-state index in [0.717, 1.165) is 24.9 Å². The molecule has 3 atom stereocenters. The summed E-state index contributed by atoms with van der Waals surface area (Å²) in [6, 6.07) is 6.08. The number of hydrogen-bond acceptors (Lipinski definition) is 4. The smallest absolute Gasteiger partial charge is 0.272 e. The third-order valence-corrected chi connectivity index (χ3v) is 5.49. The Balaban J connectivity index is 1.74. The minimum Gasteiger partial charge on any atom is -0.483 e. The quantitative estimate of drug-likeness (QED) is 0.799. The summed E-state index contributed by atoms with van der Waals surface area (Å²) in [5.74, 6) is 1.43. The van der Waals surface area contributed by atoms with Gasteiger partial charge in [-0.05, 0) is 44.1 Å². The van der Waals surface area contributed by atoms with Crippen molar-refractivity contribution in [1.29, 1.82) is 0 Å². The van der Waals surface area contributed by atoms with Gasteiger partial charge in [0.1, 0.15) is 5.78 Å². The number of alkyl halides is 1. The fraction of sp³-hybridized carbons (Fsp3) is 0.588. The van der Waals surface area contributed by atoms with E-state index in [-0.39, 0.29) is 18.1 Å². The van der Waals surface area contributed by atoms with Crippen LogP contribution in [0.1, 0.15) is 31.2 Å². The van der Waals surface area contributed by atoms with Gasteiger partial charge < -0.3 is 14.4 Å². The molecule has 0 aromatic heterocycles. The molecule has 4 nitrogen and oxygen atoms in total. The topological polar surface area (TPSA) is 38.8 Å². The van der Waals surface area contributed by atoms with Crippen LogP contribution in [0, 0.1) is 0 Å². The van der Waals surface area contributed by atoms with Crippen LogP contribution in [0.5, 0.6) is 11.5 Å². The van der Waals surface area contributed by atoms with Crippen molar-refractivity contribution >= 4 is 5.78 Å². The Labute approximate surface area is 129 Å². The average molecular weight is 305 g/mol. The number of likely N-dealkylation sites (tertiary alicyclic amines) is 1. The molecule has 3 aliphatic rings. The number of nitrogens with zero attached hydrogens (tertiary/aromatic N) is 1. The van der Waals surface area contributed by atoms with E-state index in [9.17, 15) is 9.18 Å². The molecule has 2 fully saturated rings. The highest BCUT2D eigenvalue weighted by Crippen LogP contribution is 2.49. The van der Waals surface area contributed by atoms with E-state index in [2.05, 4.69) is 18.0 Å². The predicted octanol–water partition coefficient (Wildman–Crippen LogP) is 2.45. The lowest BCUT2D eigenvalue weighted by Crippen LogP contribution is -2.46. The molecule has 0 spiro atoms. The van der Waals surface area contributed by atoms with Crippen LogP contribution < -0.4 is 9.47 Å². The lowest BCUT2D eigenvalue weighted by molar-refractivity contribution is -0.122. The Bertz CT molecular complexity index is 620. The summed E-state index contributed by atoms with van der Waals surface area (Å²) >= 11 is 0. The van der Waals surface area contributed by atoms with Crippen LogP contribution in [0.4, 0.5) is 4.39 Å². The maximum Gasteiger partial charge on any atom is 0.272 e. The fourth-order valence-corrected chi connectivity index (χ4v) is 4.28. The SMILES string of the molecule is CN1CC[C@]2(c3ccc4c(c3)O[C@H](F)CO4)CCC(=O)C[C@H]12. The van der Waals surface area contributed by atoms with Crippen LogP contribution in [0.3, 0.4) is 0 Å². The van der Waals surface area contributed by atoms with Crippen LogP contribution in [-0.2, 0) is 10.2 Å². The van der Waals surface area contributed by atoms with Gasteiger partial charge in [0.2, 0.25) is 0 Å². The molecule has 5 heteroatoms. The summed E-state index contributed by atoms with van der Waals surface area (Å²) < 4.78 is 24.1. The maximum atomic E-state index is 13.4. The maximum absolute atomic E-state index is 13.4. The number of likely N-dealkylation sites (N-methyl/N-ethyl adjacent to an activating group) is 1. The zero-order valence-corrected chi connectivity index (χ0v) is 12.7. The van der Waals surface area contributed by atoms with Gasteiger partial charge in [0.05, 0.1) is 0 Å². The molecule has 0 amide bonds. The number of fused-ring (bicyclic) bond motifs is 2. The minimum absolute atomic E-state index is 0.0235. The van der Waals surface area contributed by atoms with Crippen molar-refractivity contribution in [3.63, 3.8) is 0 Å². The molecule has 2 aliphatic heterocycles. The molecule has 2 heterocycles. The molecule has 1 saturated heterocycles. The van der Waals surface area contributed by atoms with Gasteiger partial charge >= 0.3 is 0 Å². The Morgan fingerprint density at radius 3 is 3.05 bits per heavy atom. The molecule has 4 rings (SSSR count). The van der Waals surface area contributed by atoms with Crippen molar-refractivity contribution < 1.29 is 18.7 Å². The summed E-state index contributed by atoms with van der Waals surface area (Å²) in [4.78, 5) is 14.2. The third-order valence-electron chi connectivity index (χ3n) is 5.49. The second-order valence-corrected chi connectivity index (χ2v) is 6.65. The van der Waals surface area contributed by atoms with E-state index < -0.39 is 6.36 Å². The van der Waals surface area contributed by atoms with Crippen molar-refractivity contribution in [3.05, 3.63) is 23.8 Å². The number of halogens is 1. The van der Waals surface area contributed by atoms with Crippen LogP contribution >= 0.6 is 0 Å². The lowest BCUT2D eigenvalue weighted by atomic mass is 9.66. The van der Waals surface area contributed by atoms with Crippen LogP contribution in [0.25, 0.3) is 0 Å². The predicted molar refractivity (Wildman–Crippen MR) is 79.0 cm³/mol. The first kappa shape index (κ1) is 14.0. The summed E-state index contributed by atoms with van der Waals surface area (Å²) in [6.07, 6.45) is 1.72. The zero-order valence-electron chi connectivity index (χ0n) is 12.7. The van der Waals surface area contributed by atoms with E-state index in [1.807, 2.05) is 12.1 Å². The number of ether oxygens (including phenoxy) is 2. The molecular formula is C17H20FNO3. The molecule has 1 saturated carbocycles. The molecule has 1 aromatic carbocycles. The van der Waals surface area contributed by atoms with E-state index in [1.165, 1.54) is 0 Å². The molecule has 118 valence electrons. The second-order valence-electron chi connectivity index (χ2n) is 6.65. The van der Waals surface area contributed by atoms with Gasteiger partial charge in [0.25, 0.3) is 6.36 Å². The van der Waals surface area contributed by atoms with Crippen molar-refractivity contribution in [1.82, 2.24) is 4.90 Å². The Hall–Kier alpha value is -1.62. The number of carbonyl (C=O) groups excluding carboxylic acids is 1. The van der Waals surface area contributed by atoms with E-state index in [1.54, 1.807) is 0 Å². The van der Waals surface area contributed by atoms with Crippen molar-refractivity contribution in [2.24, 2.45) is 0 Å². The largest absolute Gasteiger partial charge is 0.483 e. The number of ketones is 1. The summed E-state index contributed by atoms with van der Waals surface area (Å²) in [6.45, 7) is 0.926. The summed E-state index contributed by atoms with van der Waals surface area (Å²) in [5.41, 5.74) is 1.12. The first-order valence-corrected chi connectivity index (χ1v) is 7.88. The Morgan fingerprint density at radius 2 is 2.18 bits per heavy atom. The summed E-state index contributed by atoms with van der Waals surface area (Å²) in [5, 5.41) is 0. The average Bonchev–Trinajstić information content (AvgIpc) is 2.85. The first-order valence-electron chi connectivity index (χ1n) is 7.88. The lowest BCUT2D eigenvalue weighted by Gasteiger charge is -2.41. The molecular weight excluding hydrogens is 285 g/mol. The van der Waals surface area contributed by atoms with Gasteiger partial charge in [0.15, 0.2) is 18.1 Å². The Kier molecular flexibility index (Phi) is 3.15. The molecule has 0 bridgehead atoms. The molecule has 0 N–H and O–H groups in total. The van der Waals surface area contributed by atoms with Crippen LogP contribution in [0.15, 0.2) is 18.2 Å². The van der Waals surface area contributed by atoms with Gasteiger partial charge in [-0.15, -0.1) is 0 Å². The minimum atomic E-state index is -1.41. The standard InChI is InChI=1S/C17H20FNO3/c1-19-7-6-17(5-4-12(20)9-15(17)19)11-2-3-13-14(8-11)22-16(18)10-21-13/h2-3,8,15-16H,4-7,9-10H2,1H3/t15-,16-,17-/m0/s1. The van der Waals surface area contributed by atoms with Crippen LogP contribution in [-0.4, -0.2) is 43.3 Å². The van der Waals surface area contributed by atoms with Gasteiger partial charge in [-0.2, -0.15) is 4.39 Å². The molecule has 22 heavy (non-hydrogen) atoms. The number of benzene rings is 1. The monoisotopic (exact) mass is 305 g/mol. The van der Waals surface area contributed by atoms with Gasteiger partial charge in [-0.25, -0.2) is 0 Å². The van der Waals surface area contributed by atoms with Crippen molar-refractivity contribution in [3.8, 4) is 11.5 Å². The highest BCUT2D eigenvalue weighted by atomic mass is 19.1. The first-order chi connectivity index (χ1) is 10.6. The normalized spacial score (nSPS) is 34.5. The number of rotatable bonds is 1. The molecule has 0 unspecified atom stereocenters. The number of carbonyl (C=O) groups is 1. The number of Topliss-reactive ketones (excluding diaryl/α,β-unsaturated/α-hetero) is 1. The van der Waals surface area contributed by atoms with Crippen LogP contribution in [0.2, 0.25) is 0 Å². The zero-order chi connectivity index (χ0) is 15.3. The molecule has 0 radical (unpaired) electrons. The second kappa shape index (κ2) is 4.95. The third kappa shape index (κ3) is 2.02. The highest BCUT2D eigenvalue weighted by Gasteiger charge is 2.50. The van der Waals surface area contributed by atoms with Gasteiger partial charge in [-0.3, -0.25) is 4.79 Å². The summed E-state index contributed by atoms with van der Waals surface area (Å²) in [7, 11) is 2.08. The van der Waals surface area contributed by atoms with Gasteiger partial charge in [-0.1, -0.05) is 6.07 Å². The van der Waals surface area contributed by atoms with Gasteiger partial charge in [0, 0.05) is 24.3 Å². The number of hydrogen-bond donors (Lipinski definition) is 0. The fourth-order valence-electron chi connectivity index (χ4n) is 4.28. The highest BCUT2D eigenvalue weighted by molar-refractivity contribution is 5.81. The molecule has 1 aliphatic carbocycles. The van der Waals surface area contributed by atoms with E-state index in [0.29, 0.717) is 30.1 Å². The van der Waals surface area contributed by atoms with Crippen molar-refractivity contribution in [2.45, 2.75) is 43.5 Å². The molecule has 1 aromatic rings. The van der Waals surface area contributed by atoms with Crippen molar-refractivity contribution in [2.75, 3.05) is 20.2 Å².